The summed E-state index contributed by atoms with van der Waals surface area (Å²) >= 11 is 0. The molecule has 1 aliphatic heterocycles. The normalized spacial score (nSPS) is 15.2. The van der Waals surface area contributed by atoms with Gasteiger partial charge in [0, 0.05) is 30.7 Å². The molecule has 1 N–H and O–H groups in total. The predicted octanol–water partition coefficient (Wildman–Crippen LogP) is 4.77. The first-order valence-corrected chi connectivity index (χ1v) is 10.6. The molecule has 0 radical (unpaired) electrons. The van der Waals surface area contributed by atoms with Crippen molar-refractivity contribution in [3.63, 3.8) is 0 Å². The van der Waals surface area contributed by atoms with Crippen molar-refractivity contribution in [2.75, 3.05) is 33.2 Å². The number of nitrogens with one attached hydrogen (secondary N) is 1. The summed E-state index contributed by atoms with van der Waals surface area (Å²) < 4.78 is 18.8. The van der Waals surface area contributed by atoms with Gasteiger partial charge in [-0.3, -0.25) is 0 Å². The highest BCUT2D eigenvalue weighted by atomic mass is 16.5. The Labute approximate surface area is 188 Å². The van der Waals surface area contributed by atoms with Crippen molar-refractivity contribution in [2.24, 2.45) is 0 Å². The zero-order valence-electron chi connectivity index (χ0n) is 19.1. The summed E-state index contributed by atoms with van der Waals surface area (Å²) in [6.45, 7) is 5.39. The zero-order chi connectivity index (χ0) is 22.8. The molecule has 0 aliphatic carbocycles. The number of aryl methyl sites for hydroxylation is 2. The van der Waals surface area contributed by atoms with Crippen molar-refractivity contribution >= 4 is 11.7 Å². The van der Waals surface area contributed by atoms with E-state index >= 15 is 0 Å². The summed E-state index contributed by atoms with van der Waals surface area (Å²) in [6.07, 6.45) is 2.04. The quantitative estimate of drug-likeness (QED) is 0.627. The number of carbonyl (C=O) groups is 1. The number of carbonyl (C=O) groups excluding carboxylic acids is 1. The lowest BCUT2D eigenvalue weighted by Crippen LogP contribution is -2.44. The molecule has 0 spiro atoms. The third kappa shape index (κ3) is 3.86. The van der Waals surface area contributed by atoms with Gasteiger partial charge in [0.15, 0.2) is 11.5 Å². The highest BCUT2D eigenvalue weighted by Crippen LogP contribution is 2.43. The van der Waals surface area contributed by atoms with Crippen molar-refractivity contribution in [3.05, 3.63) is 71.0 Å². The molecule has 1 aliphatic rings. The highest BCUT2D eigenvalue weighted by Gasteiger charge is 2.33. The summed E-state index contributed by atoms with van der Waals surface area (Å²) in [6, 6.07) is 13.3. The van der Waals surface area contributed by atoms with Crippen LogP contribution in [-0.4, -0.2) is 43.4 Å². The van der Waals surface area contributed by atoms with E-state index in [9.17, 15) is 4.79 Å². The van der Waals surface area contributed by atoms with Crippen LogP contribution in [0.25, 0.3) is 0 Å². The molecule has 168 valence electrons. The number of amides is 2. The second kappa shape index (κ2) is 8.86. The molecule has 7 heteroatoms. The lowest BCUT2D eigenvalue weighted by Gasteiger charge is -2.37. The van der Waals surface area contributed by atoms with Gasteiger partial charge >= 0.3 is 6.03 Å². The maximum atomic E-state index is 13.4. The minimum absolute atomic E-state index is 0.153. The number of ether oxygens (including phenoxy) is 3. The Bertz CT molecular complexity index is 1110. The first-order chi connectivity index (χ1) is 15.5. The third-order valence-electron chi connectivity index (χ3n) is 6.06. The monoisotopic (exact) mass is 435 g/mol. The van der Waals surface area contributed by atoms with Gasteiger partial charge in [-0.05, 0) is 66.9 Å². The molecular formula is C25H29N3O4. The fourth-order valence-corrected chi connectivity index (χ4v) is 4.23. The van der Waals surface area contributed by atoms with Crippen LogP contribution >= 0.6 is 0 Å². The Morgan fingerprint density at radius 1 is 0.938 bits per heavy atom. The highest BCUT2D eigenvalue weighted by molar-refractivity contribution is 5.90. The Balaban J connectivity index is 1.75. The van der Waals surface area contributed by atoms with E-state index in [4.69, 9.17) is 14.2 Å². The number of hydrogen-bond acceptors (Lipinski definition) is 4. The van der Waals surface area contributed by atoms with Crippen LogP contribution in [0.4, 0.5) is 10.5 Å². The van der Waals surface area contributed by atoms with Crippen molar-refractivity contribution in [3.8, 4) is 17.2 Å². The Kier molecular flexibility index (Phi) is 5.99. The van der Waals surface area contributed by atoms with E-state index in [1.807, 2.05) is 60.5 Å². The molecule has 0 saturated carbocycles. The molecule has 32 heavy (non-hydrogen) atoms. The van der Waals surface area contributed by atoms with Gasteiger partial charge in [0.25, 0.3) is 0 Å². The van der Waals surface area contributed by atoms with E-state index in [0.717, 1.165) is 29.1 Å². The molecule has 0 fully saturated rings. The topological polar surface area (TPSA) is 65.0 Å². The molecule has 2 heterocycles. The van der Waals surface area contributed by atoms with E-state index in [0.29, 0.717) is 23.8 Å². The van der Waals surface area contributed by atoms with Crippen LogP contribution in [-0.2, 0) is 6.54 Å². The molecule has 2 amide bonds. The van der Waals surface area contributed by atoms with Crippen LogP contribution in [0, 0.1) is 13.8 Å². The van der Waals surface area contributed by atoms with E-state index < -0.39 is 0 Å². The van der Waals surface area contributed by atoms with Gasteiger partial charge in [-0.1, -0.05) is 6.07 Å². The number of rotatable bonds is 5. The van der Waals surface area contributed by atoms with Crippen molar-refractivity contribution in [1.29, 1.82) is 0 Å². The van der Waals surface area contributed by atoms with Crippen molar-refractivity contribution in [2.45, 2.75) is 26.4 Å². The number of fused-ring (bicyclic) bond motifs is 1. The first kappa shape index (κ1) is 21.6. The van der Waals surface area contributed by atoms with Gasteiger partial charge in [-0.15, -0.1) is 0 Å². The van der Waals surface area contributed by atoms with E-state index in [1.54, 1.807) is 21.3 Å². The Morgan fingerprint density at radius 2 is 1.66 bits per heavy atom. The summed E-state index contributed by atoms with van der Waals surface area (Å²) in [7, 11) is 4.76. The van der Waals surface area contributed by atoms with Crippen LogP contribution in [0.1, 0.15) is 28.4 Å². The van der Waals surface area contributed by atoms with Gasteiger partial charge in [-0.2, -0.15) is 0 Å². The summed E-state index contributed by atoms with van der Waals surface area (Å²) in [5.41, 5.74) is 5.02. The van der Waals surface area contributed by atoms with Crippen LogP contribution in [0.2, 0.25) is 0 Å². The average molecular weight is 436 g/mol. The van der Waals surface area contributed by atoms with Crippen molar-refractivity contribution in [1.82, 2.24) is 9.47 Å². The fraction of sp³-hybridized carbons (Fsp3) is 0.320. The smallest absolute Gasteiger partial charge is 0.322 e. The van der Waals surface area contributed by atoms with Gasteiger partial charge in [0.2, 0.25) is 5.75 Å². The van der Waals surface area contributed by atoms with E-state index in [2.05, 4.69) is 16.8 Å². The Hall–Kier alpha value is -3.61. The number of nitrogens with zero attached hydrogens (tertiary/aromatic N) is 2. The number of methoxy groups -OCH3 is 3. The van der Waals surface area contributed by atoms with Gasteiger partial charge in [0.05, 0.1) is 27.4 Å². The number of anilines is 1. The minimum atomic E-state index is -0.306. The van der Waals surface area contributed by atoms with E-state index in [1.165, 1.54) is 5.56 Å². The molecule has 2 aromatic carbocycles. The predicted molar refractivity (Wildman–Crippen MR) is 124 cm³/mol. The molecular weight excluding hydrogens is 406 g/mol. The Morgan fingerprint density at radius 3 is 2.28 bits per heavy atom. The molecule has 3 aromatic rings. The standard InChI is InChI=1S/C25H29N3O4/c1-16-8-9-19(13-17(16)2)26-25(29)28-12-11-27-10-6-7-20(27)23(28)18-14-21(30-3)24(32-5)22(15-18)31-4/h6-10,13-15,23H,11-12H2,1-5H3,(H,26,29)/t23-/m0/s1. The molecule has 4 rings (SSSR count). The third-order valence-corrected chi connectivity index (χ3v) is 6.06. The second-order valence-electron chi connectivity index (χ2n) is 7.91. The van der Waals surface area contributed by atoms with Gasteiger partial charge < -0.3 is 29.0 Å². The van der Waals surface area contributed by atoms with Crippen LogP contribution in [0.5, 0.6) is 17.2 Å². The van der Waals surface area contributed by atoms with Crippen LogP contribution < -0.4 is 19.5 Å². The number of benzene rings is 2. The van der Waals surface area contributed by atoms with Gasteiger partial charge in [-0.25, -0.2) is 4.79 Å². The van der Waals surface area contributed by atoms with E-state index in [-0.39, 0.29) is 12.1 Å². The SMILES string of the molecule is COc1cc([C@H]2c3cccn3CCN2C(=O)Nc2ccc(C)c(C)c2)cc(OC)c1OC. The fourth-order valence-electron chi connectivity index (χ4n) is 4.23. The van der Waals surface area contributed by atoms with Gasteiger partial charge in [0.1, 0.15) is 0 Å². The molecule has 0 unspecified atom stereocenters. The minimum Gasteiger partial charge on any atom is -0.493 e. The molecule has 1 atom stereocenters. The zero-order valence-corrected chi connectivity index (χ0v) is 19.1. The number of urea groups is 1. The molecule has 7 nitrogen and oxygen atoms in total. The maximum Gasteiger partial charge on any atom is 0.322 e. The van der Waals surface area contributed by atoms with Crippen molar-refractivity contribution < 1.29 is 19.0 Å². The summed E-state index contributed by atoms with van der Waals surface area (Å²) in [5, 5.41) is 3.07. The maximum absolute atomic E-state index is 13.4. The summed E-state index contributed by atoms with van der Waals surface area (Å²) in [5.74, 6) is 1.64. The average Bonchev–Trinajstić information content (AvgIpc) is 3.28. The molecule has 0 bridgehead atoms. The summed E-state index contributed by atoms with van der Waals surface area (Å²) in [4.78, 5) is 15.3. The second-order valence-corrected chi connectivity index (χ2v) is 7.91. The first-order valence-electron chi connectivity index (χ1n) is 10.6. The molecule has 0 saturated heterocycles. The lowest BCUT2D eigenvalue weighted by molar-refractivity contribution is 0.181. The molecule has 1 aromatic heterocycles. The number of hydrogen-bond donors (Lipinski definition) is 1. The van der Waals surface area contributed by atoms with Crippen LogP contribution in [0.3, 0.4) is 0 Å². The largest absolute Gasteiger partial charge is 0.493 e. The lowest BCUT2D eigenvalue weighted by atomic mass is 9.99. The van der Waals surface area contributed by atoms with Crippen LogP contribution in [0.15, 0.2) is 48.7 Å². The number of aromatic nitrogens is 1.